The standard InChI is InChI=1S/C9H9BrN2O2S3/c1-6-7(4-8(10)16-6)17(13,14)12-5-9-11-2-3-15-9/h2-4,12H,5H2,1H3. The van der Waals surface area contributed by atoms with E-state index in [-0.39, 0.29) is 6.54 Å². The molecule has 2 rings (SSSR count). The van der Waals surface area contributed by atoms with Crippen LogP contribution in [-0.2, 0) is 16.6 Å². The molecule has 0 aliphatic rings. The van der Waals surface area contributed by atoms with Gasteiger partial charge in [-0.3, -0.25) is 0 Å². The van der Waals surface area contributed by atoms with Crippen LogP contribution in [0.5, 0.6) is 0 Å². The van der Waals surface area contributed by atoms with Crippen LogP contribution < -0.4 is 4.72 Å². The first kappa shape index (κ1) is 13.2. The smallest absolute Gasteiger partial charge is 0.242 e. The van der Waals surface area contributed by atoms with Gasteiger partial charge in [-0.25, -0.2) is 18.1 Å². The summed E-state index contributed by atoms with van der Waals surface area (Å²) < 4.78 is 27.4. The maximum absolute atomic E-state index is 12.0. The van der Waals surface area contributed by atoms with Crippen molar-refractivity contribution in [1.82, 2.24) is 9.71 Å². The molecule has 0 unspecified atom stereocenters. The van der Waals surface area contributed by atoms with Gasteiger partial charge in [0.1, 0.15) is 5.01 Å². The molecule has 1 N–H and O–H groups in total. The fourth-order valence-electron chi connectivity index (χ4n) is 1.27. The van der Waals surface area contributed by atoms with Crippen LogP contribution in [0, 0.1) is 6.92 Å². The van der Waals surface area contributed by atoms with Crippen LogP contribution in [0.15, 0.2) is 26.3 Å². The lowest BCUT2D eigenvalue weighted by Crippen LogP contribution is -2.23. The molecule has 0 amide bonds. The van der Waals surface area contributed by atoms with Gasteiger partial charge in [-0.15, -0.1) is 22.7 Å². The first-order chi connectivity index (χ1) is 7.99. The normalized spacial score (nSPS) is 11.9. The summed E-state index contributed by atoms with van der Waals surface area (Å²) in [6.07, 6.45) is 1.65. The van der Waals surface area contributed by atoms with E-state index in [1.54, 1.807) is 19.2 Å². The third-order valence-electron chi connectivity index (χ3n) is 2.03. The van der Waals surface area contributed by atoms with Crippen molar-refractivity contribution in [3.63, 3.8) is 0 Å². The van der Waals surface area contributed by atoms with E-state index in [0.29, 0.717) is 4.90 Å². The summed E-state index contributed by atoms with van der Waals surface area (Å²) >= 11 is 6.11. The monoisotopic (exact) mass is 352 g/mol. The summed E-state index contributed by atoms with van der Waals surface area (Å²) in [6, 6.07) is 1.62. The second kappa shape index (κ2) is 5.15. The number of nitrogens with zero attached hydrogens (tertiary/aromatic N) is 1. The molecule has 0 saturated heterocycles. The average molecular weight is 353 g/mol. The van der Waals surface area contributed by atoms with Gasteiger partial charge >= 0.3 is 0 Å². The number of rotatable bonds is 4. The summed E-state index contributed by atoms with van der Waals surface area (Å²) in [4.78, 5) is 5.12. The first-order valence-corrected chi connectivity index (χ1v) is 8.60. The highest BCUT2D eigenvalue weighted by atomic mass is 79.9. The van der Waals surface area contributed by atoms with Crippen LogP contribution in [0.3, 0.4) is 0 Å². The Kier molecular flexibility index (Phi) is 3.99. The van der Waals surface area contributed by atoms with E-state index in [2.05, 4.69) is 25.6 Å². The first-order valence-electron chi connectivity index (χ1n) is 4.63. The molecule has 0 aliphatic heterocycles. The summed E-state index contributed by atoms with van der Waals surface area (Å²) in [7, 11) is -3.45. The number of sulfonamides is 1. The number of thiophene rings is 1. The molecule has 2 aromatic heterocycles. The lowest BCUT2D eigenvalue weighted by Gasteiger charge is -2.03. The zero-order valence-electron chi connectivity index (χ0n) is 8.81. The minimum Gasteiger partial charge on any atom is -0.248 e. The van der Waals surface area contributed by atoms with Crippen LogP contribution >= 0.6 is 38.6 Å². The number of nitrogens with one attached hydrogen (secondary N) is 1. The Morgan fingerprint density at radius 2 is 2.29 bits per heavy atom. The minimum atomic E-state index is -3.45. The van der Waals surface area contributed by atoms with Crippen molar-refractivity contribution in [3.8, 4) is 0 Å². The van der Waals surface area contributed by atoms with E-state index in [0.717, 1.165) is 13.7 Å². The SMILES string of the molecule is Cc1sc(Br)cc1S(=O)(=O)NCc1nccs1. The van der Waals surface area contributed by atoms with Crippen LogP contribution in [-0.4, -0.2) is 13.4 Å². The van der Waals surface area contributed by atoms with Crippen LogP contribution in [0.4, 0.5) is 0 Å². The van der Waals surface area contributed by atoms with Crippen molar-refractivity contribution in [2.24, 2.45) is 0 Å². The quantitative estimate of drug-likeness (QED) is 0.920. The van der Waals surface area contributed by atoms with Gasteiger partial charge in [-0.1, -0.05) is 0 Å². The molecule has 0 bridgehead atoms. The van der Waals surface area contributed by atoms with Gasteiger partial charge in [0.25, 0.3) is 0 Å². The molecule has 8 heteroatoms. The van der Waals surface area contributed by atoms with Gasteiger partial charge in [-0.05, 0) is 28.9 Å². The fourth-order valence-corrected chi connectivity index (χ4v) is 5.32. The highest BCUT2D eigenvalue weighted by molar-refractivity contribution is 9.11. The number of hydrogen-bond donors (Lipinski definition) is 1. The fraction of sp³-hybridized carbons (Fsp3) is 0.222. The predicted molar refractivity (Wildman–Crippen MR) is 72.9 cm³/mol. The van der Waals surface area contributed by atoms with E-state index < -0.39 is 10.0 Å². The molecular formula is C9H9BrN2O2S3. The van der Waals surface area contributed by atoms with Gasteiger partial charge in [0, 0.05) is 16.5 Å². The zero-order valence-corrected chi connectivity index (χ0v) is 12.8. The molecule has 92 valence electrons. The Bertz CT molecular complexity index is 604. The van der Waals surface area contributed by atoms with Gasteiger partial charge in [0.15, 0.2) is 0 Å². The Hall–Kier alpha value is -0.280. The molecule has 0 atom stereocenters. The lowest BCUT2D eigenvalue weighted by atomic mass is 10.5. The number of thiazole rings is 1. The number of halogens is 1. The molecule has 2 heterocycles. The number of aryl methyl sites for hydroxylation is 1. The molecule has 2 aromatic rings. The zero-order chi connectivity index (χ0) is 12.5. The molecule has 0 radical (unpaired) electrons. The Labute approximate surface area is 116 Å². The van der Waals surface area contributed by atoms with Crippen LogP contribution in [0.25, 0.3) is 0 Å². The van der Waals surface area contributed by atoms with Crippen molar-refractivity contribution in [2.75, 3.05) is 0 Å². The Morgan fingerprint density at radius 1 is 1.53 bits per heavy atom. The van der Waals surface area contributed by atoms with Crippen molar-refractivity contribution in [3.05, 3.63) is 31.3 Å². The highest BCUT2D eigenvalue weighted by Crippen LogP contribution is 2.29. The van der Waals surface area contributed by atoms with Crippen LogP contribution in [0.1, 0.15) is 9.88 Å². The second-order valence-electron chi connectivity index (χ2n) is 3.22. The molecule has 0 saturated carbocycles. The molecule has 4 nitrogen and oxygen atoms in total. The van der Waals surface area contributed by atoms with Gasteiger partial charge in [0.2, 0.25) is 10.0 Å². The number of aromatic nitrogens is 1. The van der Waals surface area contributed by atoms with Gasteiger partial charge in [-0.2, -0.15) is 0 Å². The van der Waals surface area contributed by atoms with Crippen molar-refractivity contribution in [2.45, 2.75) is 18.4 Å². The van der Waals surface area contributed by atoms with E-state index >= 15 is 0 Å². The topological polar surface area (TPSA) is 59.1 Å². The summed E-state index contributed by atoms with van der Waals surface area (Å²) in [6.45, 7) is 2.01. The third-order valence-corrected chi connectivity index (χ3v) is 6.02. The summed E-state index contributed by atoms with van der Waals surface area (Å²) in [5, 5.41) is 2.57. The van der Waals surface area contributed by atoms with Crippen molar-refractivity contribution in [1.29, 1.82) is 0 Å². The molecule has 0 aliphatic carbocycles. The Morgan fingerprint density at radius 3 is 2.82 bits per heavy atom. The second-order valence-corrected chi connectivity index (χ2v) is 8.57. The van der Waals surface area contributed by atoms with E-state index in [1.807, 2.05) is 5.38 Å². The Balaban J connectivity index is 2.17. The lowest BCUT2D eigenvalue weighted by molar-refractivity contribution is 0.581. The van der Waals surface area contributed by atoms with Gasteiger partial charge < -0.3 is 0 Å². The van der Waals surface area contributed by atoms with Crippen molar-refractivity contribution >= 4 is 48.6 Å². The molecule has 17 heavy (non-hydrogen) atoms. The maximum Gasteiger partial charge on any atom is 0.242 e. The van der Waals surface area contributed by atoms with Gasteiger partial charge in [0.05, 0.1) is 15.2 Å². The minimum absolute atomic E-state index is 0.229. The average Bonchev–Trinajstić information content (AvgIpc) is 2.85. The highest BCUT2D eigenvalue weighted by Gasteiger charge is 2.19. The van der Waals surface area contributed by atoms with E-state index in [4.69, 9.17) is 0 Å². The third kappa shape index (κ3) is 3.14. The molecule has 0 spiro atoms. The van der Waals surface area contributed by atoms with Crippen LogP contribution in [0.2, 0.25) is 0 Å². The largest absolute Gasteiger partial charge is 0.248 e. The van der Waals surface area contributed by atoms with E-state index in [1.165, 1.54) is 22.7 Å². The summed E-state index contributed by atoms with van der Waals surface area (Å²) in [5.74, 6) is 0. The molecular weight excluding hydrogens is 344 g/mol. The number of hydrogen-bond acceptors (Lipinski definition) is 5. The maximum atomic E-state index is 12.0. The molecule has 0 aromatic carbocycles. The van der Waals surface area contributed by atoms with Crippen molar-refractivity contribution < 1.29 is 8.42 Å². The molecule has 0 fully saturated rings. The van der Waals surface area contributed by atoms with E-state index in [9.17, 15) is 8.42 Å². The predicted octanol–water partition coefficient (Wildman–Crippen LogP) is 2.75. The summed E-state index contributed by atoms with van der Waals surface area (Å²) in [5.41, 5.74) is 0.